The molecule has 0 aliphatic heterocycles. The van der Waals surface area contributed by atoms with Crippen LogP contribution in [0.15, 0.2) is 24.3 Å². The second-order valence-electron chi connectivity index (χ2n) is 4.91. The average Bonchev–Trinajstić information content (AvgIpc) is 2.45. The van der Waals surface area contributed by atoms with Crippen LogP contribution in [-0.4, -0.2) is 19.1 Å². The predicted molar refractivity (Wildman–Crippen MR) is 77.0 cm³/mol. The van der Waals surface area contributed by atoms with Crippen molar-refractivity contribution in [3.05, 3.63) is 29.8 Å². The van der Waals surface area contributed by atoms with Crippen LogP contribution in [0.25, 0.3) is 0 Å². The molecule has 0 aliphatic rings. The Morgan fingerprint density at radius 2 is 1.89 bits per heavy atom. The summed E-state index contributed by atoms with van der Waals surface area (Å²) in [5.41, 5.74) is 6.94. The van der Waals surface area contributed by atoms with E-state index in [1.54, 1.807) is 7.11 Å². The number of hydrogen-bond donors (Lipinski definition) is 2. The fourth-order valence-corrected chi connectivity index (χ4v) is 1.80. The molecule has 4 heteroatoms. The summed E-state index contributed by atoms with van der Waals surface area (Å²) in [6.45, 7) is 5.97. The summed E-state index contributed by atoms with van der Waals surface area (Å²) >= 11 is 0. The molecule has 0 aromatic heterocycles. The molecule has 0 bridgehead atoms. The first kappa shape index (κ1) is 15.5. The van der Waals surface area contributed by atoms with Gasteiger partial charge in [0.2, 0.25) is 5.91 Å². The molecule has 106 valence electrons. The van der Waals surface area contributed by atoms with Crippen LogP contribution in [0.5, 0.6) is 5.75 Å². The van der Waals surface area contributed by atoms with Crippen LogP contribution >= 0.6 is 0 Å². The van der Waals surface area contributed by atoms with Crippen molar-refractivity contribution in [2.45, 2.75) is 39.3 Å². The number of carbonyl (C=O) groups excluding carboxylic acids is 1. The third-order valence-electron chi connectivity index (χ3n) is 3.53. The number of amides is 1. The largest absolute Gasteiger partial charge is 0.497 e. The summed E-state index contributed by atoms with van der Waals surface area (Å²) in [6.07, 6.45) is 0.894. The highest BCUT2D eigenvalue weighted by Crippen LogP contribution is 2.17. The number of carbonyl (C=O) groups is 1. The van der Waals surface area contributed by atoms with Crippen LogP contribution in [0.2, 0.25) is 0 Å². The molecule has 0 heterocycles. The van der Waals surface area contributed by atoms with E-state index in [2.05, 4.69) is 5.32 Å². The maximum Gasteiger partial charge on any atom is 0.237 e. The summed E-state index contributed by atoms with van der Waals surface area (Å²) in [4.78, 5) is 12.0. The normalized spacial score (nSPS) is 15.4. The van der Waals surface area contributed by atoms with Crippen molar-refractivity contribution in [1.29, 1.82) is 0 Å². The minimum atomic E-state index is -0.453. The van der Waals surface area contributed by atoms with E-state index in [1.807, 2.05) is 45.0 Å². The van der Waals surface area contributed by atoms with Gasteiger partial charge in [0.1, 0.15) is 5.75 Å². The topological polar surface area (TPSA) is 64.4 Å². The Labute approximate surface area is 115 Å². The molecular formula is C15H24N2O2. The average molecular weight is 264 g/mol. The van der Waals surface area contributed by atoms with Crippen molar-refractivity contribution in [2.75, 3.05) is 7.11 Å². The van der Waals surface area contributed by atoms with Gasteiger partial charge < -0.3 is 15.8 Å². The van der Waals surface area contributed by atoms with Crippen molar-refractivity contribution in [1.82, 2.24) is 5.32 Å². The number of methoxy groups -OCH3 is 1. The van der Waals surface area contributed by atoms with Crippen LogP contribution in [0.4, 0.5) is 0 Å². The molecule has 3 N–H and O–H groups in total. The molecule has 0 saturated carbocycles. The molecule has 1 rings (SSSR count). The monoisotopic (exact) mass is 264 g/mol. The van der Waals surface area contributed by atoms with Gasteiger partial charge in [-0.3, -0.25) is 4.79 Å². The number of benzene rings is 1. The highest BCUT2D eigenvalue weighted by molar-refractivity contribution is 5.82. The zero-order valence-electron chi connectivity index (χ0n) is 12.1. The first-order chi connectivity index (χ1) is 8.99. The van der Waals surface area contributed by atoms with E-state index >= 15 is 0 Å². The lowest BCUT2D eigenvalue weighted by Crippen LogP contribution is -2.45. The summed E-state index contributed by atoms with van der Waals surface area (Å²) < 4.78 is 5.11. The smallest absolute Gasteiger partial charge is 0.237 e. The molecule has 1 unspecified atom stereocenters. The van der Waals surface area contributed by atoms with Gasteiger partial charge in [-0.25, -0.2) is 0 Å². The standard InChI is InChI=1S/C15H24N2O2/c1-5-10(2)14(16)15(18)17-11(3)12-6-8-13(19-4)9-7-12/h6-11,14H,5,16H2,1-4H3,(H,17,18)/t10?,11-,14+/m1/s1. The van der Waals surface area contributed by atoms with E-state index in [0.29, 0.717) is 0 Å². The van der Waals surface area contributed by atoms with Crippen LogP contribution in [-0.2, 0) is 4.79 Å². The molecule has 0 spiro atoms. The van der Waals surface area contributed by atoms with Gasteiger partial charge in [0.05, 0.1) is 19.2 Å². The Kier molecular flexibility index (Phi) is 5.83. The van der Waals surface area contributed by atoms with Gasteiger partial charge in [0, 0.05) is 0 Å². The molecule has 0 aliphatic carbocycles. The number of ether oxygens (including phenoxy) is 1. The van der Waals surface area contributed by atoms with Gasteiger partial charge in [-0.1, -0.05) is 32.4 Å². The molecule has 1 aromatic rings. The first-order valence-electron chi connectivity index (χ1n) is 6.69. The predicted octanol–water partition coefficient (Wildman–Crippen LogP) is 2.25. The van der Waals surface area contributed by atoms with Gasteiger partial charge >= 0.3 is 0 Å². The Balaban J connectivity index is 2.63. The van der Waals surface area contributed by atoms with Crippen molar-refractivity contribution < 1.29 is 9.53 Å². The fraction of sp³-hybridized carbons (Fsp3) is 0.533. The molecule has 19 heavy (non-hydrogen) atoms. The van der Waals surface area contributed by atoms with Gasteiger partial charge in [0.15, 0.2) is 0 Å². The van der Waals surface area contributed by atoms with E-state index in [4.69, 9.17) is 10.5 Å². The van der Waals surface area contributed by atoms with E-state index < -0.39 is 6.04 Å². The Hall–Kier alpha value is -1.55. The van der Waals surface area contributed by atoms with Crippen molar-refractivity contribution in [2.24, 2.45) is 11.7 Å². The highest BCUT2D eigenvalue weighted by Gasteiger charge is 2.21. The molecule has 1 aromatic carbocycles. The minimum Gasteiger partial charge on any atom is -0.497 e. The number of nitrogens with one attached hydrogen (secondary N) is 1. The maximum atomic E-state index is 12.0. The lowest BCUT2D eigenvalue weighted by Gasteiger charge is -2.21. The third kappa shape index (κ3) is 4.24. The quantitative estimate of drug-likeness (QED) is 0.828. The van der Waals surface area contributed by atoms with E-state index in [0.717, 1.165) is 17.7 Å². The van der Waals surface area contributed by atoms with Crippen LogP contribution in [0.1, 0.15) is 38.8 Å². The molecule has 1 amide bonds. The second kappa shape index (κ2) is 7.14. The zero-order chi connectivity index (χ0) is 14.4. The molecule has 0 fully saturated rings. The lowest BCUT2D eigenvalue weighted by atomic mass is 9.98. The van der Waals surface area contributed by atoms with E-state index in [-0.39, 0.29) is 17.9 Å². The summed E-state index contributed by atoms with van der Waals surface area (Å²) in [7, 11) is 1.63. The summed E-state index contributed by atoms with van der Waals surface area (Å²) in [5.74, 6) is 0.888. The summed E-state index contributed by atoms with van der Waals surface area (Å²) in [6, 6.07) is 7.13. The minimum absolute atomic E-state index is 0.0616. The third-order valence-corrected chi connectivity index (χ3v) is 3.53. The molecular weight excluding hydrogens is 240 g/mol. The van der Waals surface area contributed by atoms with Crippen LogP contribution in [0, 0.1) is 5.92 Å². The molecule has 0 saturated heterocycles. The van der Waals surface area contributed by atoms with Crippen LogP contribution < -0.4 is 15.8 Å². The Morgan fingerprint density at radius 1 is 1.32 bits per heavy atom. The van der Waals surface area contributed by atoms with Gasteiger partial charge in [-0.2, -0.15) is 0 Å². The Bertz CT molecular complexity index is 403. The van der Waals surface area contributed by atoms with E-state index in [9.17, 15) is 4.79 Å². The fourth-order valence-electron chi connectivity index (χ4n) is 1.80. The van der Waals surface area contributed by atoms with Gasteiger partial charge in [0.25, 0.3) is 0 Å². The molecule has 0 radical (unpaired) electrons. The van der Waals surface area contributed by atoms with Crippen LogP contribution in [0.3, 0.4) is 0 Å². The maximum absolute atomic E-state index is 12.0. The lowest BCUT2D eigenvalue weighted by molar-refractivity contribution is -0.124. The number of rotatable bonds is 6. The number of nitrogens with two attached hydrogens (primary N) is 1. The summed E-state index contributed by atoms with van der Waals surface area (Å²) in [5, 5.41) is 2.94. The van der Waals surface area contributed by atoms with Crippen molar-refractivity contribution in [3.63, 3.8) is 0 Å². The molecule has 3 atom stereocenters. The van der Waals surface area contributed by atoms with Crippen molar-refractivity contribution in [3.8, 4) is 5.75 Å². The van der Waals surface area contributed by atoms with Crippen molar-refractivity contribution >= 4 is 5.91 Å². The number of hydrogen-bond acceptors (Lipinski definition) is 3. The first-order valence-corrected chi connectivity index (χ1v) is 6.69. The van der Waals surface area contributed by atoms with E-state index in [1.165, 1.54) is 0 Å². The SMILES string of the molecule is CCC(C)[C@H](N)C(=O)N[C@H](C)c1ccc(OC)cc1. The zero-order valence-corrected chi connectivity index (χ0v) is 12.1. The Morgan fingerprint density at radius 3 is 2.37 bits per heavy atom. The van der Waals surface area contributed by atoms with Gasteiger partial charge in [-0.05, 0) is 30.5 Å². The molecule has 4 nitrogen and oxygen atoms in total. The van der Waals surface area contributed by atoms with Gasteiger partial charge in [-0.15, -0.1) is 0 Å². The highest BCUT2D eigenvalue weighted by atomic mass is 16.5. The second-order valence-corrected chi connectivity index (χ2v) is 4.91.